The Bertz CT molecular complexity index is 472. The molecule has 1 atom stereocenters. The van der Waals surface area contributed by atoms with Crippen LogP contribution < -0.4 is 10.2 Å². The van der Waals surface area contributed by atoms with Gasteiger partial charge in [-0.05, 0) is 44.9 Å². The van der Waals surface area contributed by atoms with E-state index in [1.54, 1.807) is 6.33 Å². The van der Waals surface area contributed by atoms with Gasteiger partial charge in [-0.2, -0.15) is 0 Å². The van der Waals surface area contributed by atoms with E-state index >= 15 is 0 Å². The third kappa shape index (κ3) is 3.37. The number of hydrogen-bond donors (Lipinski definition) is 1. The zero-order valence-electron chi connectivity index (χ0n) is 13.4. The van der Waals surface area contributed by atoms with E-state index in [-0.39, 0.29) is 0 Å². The molecule has 0 saturated carbocycles. The van der Waals surface area contributed by atoms with Gasteiger partial charge in [-0.3, -0.25) is 0 Å². The second-order valence-electron chi connectivity index (χ2n) is 6.74. The Morgan fingerprint density at radius 2 is 2.05 bits per heavy atom. The monoisotopic (exact) mass is 288 g/mol. The SMILES string of the molecule is CC(C)NCC1CCCCN1c1ncnc2c1CCCC2. The van der Waals surface area contributed by atoms with E-state index in [9.17, 15) is 0 Å². The standard InChI is InChI=1S/C17H28N4/c1-13(2)18-11-14-7-5-6-10-21(14)17-15-8-3-4-9-16(15)19-12-20-17/h12-14,18H,3-11H2,1-2H3. The van der Waals surface area contributed by atoms with Gasteiger partial charge in [0.15, 0.2) is 0 Å². The molecule has 2 heterocycles. The highest BCUT2D eigenvalue weighted by molar-refractivity contribution is 5.50. The van der Waals surface area contributed by atoms with E-state index in [1.165, 1.54) is 49.2 Å². The first-order chi connectivity index (χ1) is 10.3. The Kier molecular flexibility index (Phi) is 4.73. The summed E-state index contributed by atoms with van der Waals surface area (Å²) in [6.45, 7) is 6.66. The van der Waals surface area contributed by atoms with Gasteiger partial charge in [-0.25, -0.2) is 9.97 Å². The van der Waals surface area contributed by atoms with Gasteiger partial charge in [0.1, 0.15) is 12.1 Å². The summed E-state index contributed by atoms with van der Waals surface area (Å²) in [6.07, 6.45) is 10.5. The zero-order chi connectivity index (χ0) is 14.7. The summed E-state index contributed by atoms with van der Waals surface area (Å²) in [5, 5.41) is 3.61. The van der Waals surface area contributed by atoms with Crippen molar-refractivity contribution in [2.24, 2.45) is 0 Å². The summed E-state index contributed by atoms with van der Waals surface area (Å²) >= 11 is 0. The lowest BCUT2D eigenvalue weighted by atomic mass is 9.94. The summed E-state index contributed by atoms with van der Waals surface area (Å²) in [7, 11) is 0. The highest BCUT2D eigenvalue weighted by Crippen LogP contribution is 2.31. The second kappa shape index (κ2) is 6.73. The van der Waals surface area contributed by atoms with Crippen molar-refractivity contribution in [3.8, 4) is 0 Å². The Morgan fingerprint density at radius 1 is 1.19 bits per heavy atom. The van der Waals surface area contributed by atoms with E-state index < -0.39 is 0 Å². The highest BCUT2D eigenvalue weighted by Gasteiger charge is 2.27. The molecule has 1 aromatic heterocycles. The van der Waals surface area contributed by atoms with Crippen LogP contribution in [0.3, 0.4) is 0 Å². The lowest BCUT2D eigenvalue weighted by molar-refractivity contribution is 0.417. The van der Waals surface area contributed by atoms with E-state index in [2.05, 4.69) is 34.0 Å². The summed E-state index contributed by atoms with van der Waals surface area (Å²) < 4.78 is 0. The third-order valence-corrected chi connectivity index (χ3v) is 4.76. The number of aryl methyl sites for hydroxylation is 1. The van der Waals surface area contributed by atoms with Crippen molar-refractivity contribution >= 4 is 5.82 Å². The molecule has 0 amide bonds. The van der Waals surface area contributed by atoms with Crippen LogP contribution in [0.25, 0.3) is 0 Å². The molecule has 0 aromatic carbocycles. The minimum atomic E-state index is 0.549. The summed E-state index contributed by atoms with van der Waals surface area (Å²) in [4.78, 5) is 11.8. The molecule has 2 aliphatic rings. The summed E-state index contributed by atoms with van der Waals surface area (Å²) in [5.74, 6) is 1.23. The number of nitrogens with zero attached hydrogens (tertiary/aromatic N) is 3. The number of fused-ring (bicyclic) bond motifs is 1. The Balaban J connectivity index is 1.82. The molecule has 0 bridgehead atoms. The maximum Gasteiger partial charge on any atom is 0.135 e. The van der Waals surface area contributed by atoms with Crippen molar-refractivity contribution in [3.05, 3.63) is 17.6 Å². The second-order valence-corrected chi connectivity index (χ2v) is 6.74. The zero-order valence-corrected chi connectivity index (χ0v) is 13.4. The fraction of sp³-hybridized carbons (Fsp3) is 0.765. The topological polar surface area (TPSA) is 41.0 Å². The molecule has 0 spiro atoms. The first-order valence-corrected chi connectivity index (χ1v) is 8.58. The van der Waals surface area contributed by atoms with Crippen LogP contribution in [-0.4, -0.2) is 35.1 Å². The van der Waals surface area contributed by atoms with E-state index in [4.69, 9.17) is 0 Å². The first-order valence-electron chi connectivity index (χ1n) is 8.58. The van der Waals surface area contributed by atoms with Gasteiger partial charge in [0.2, 0.25) is 0 Å². The van der Waals surface area contributed by atoms with Crippen molar-refractivity contribution < 1.29 is 0 Å². The average Bonchev–Trinajstić information content (AvgIpc) is 2.53. The minimum absolute atomic E-state index is 0.549. The molecule has 1 aliphatic heterocycles. The van der Waals surface area contributed by atoms with Crippen LogP contribution in [0.2, 0.25) is 0 Å². The number of nitrogens with one attached hydrogen (secondary N) is 1. The van der Waals surface area contributed by atoms with E-state index in [0.29, 0.717) is 12.1 Å². The predicted molar refractivity (Wildman–Crippen MR) is 86.8 cm³/mol. The molecule has 1 unspecified atom stereocenters. The molecule has 116 valence electrons. The Morgan fingerprint density at radius 3 is 2.90 bits per heavy atom. The molecule has 1 aromatic rings. The molecule has 1 aliphatic carbocycles. The van der Waals surface area contributed by atoms with Crippen molar-refractivity contribution in [1.82, 2.24) is 15.3 Å². The van der Waals surface area contributed by atoms with Crippen LogP contribution in [0.5, 0.6) is 0 Å². The van der Waals surface area contributed by atoms with Crippen molar-refractivity contribution in [2.45, 2.75) is 70.9 Å². The summed E-state index contributed by atoms with van der Waals surface area (Å²) in [6, 6.07) is 1.13. The molecule has 4 nitrogen and oxygen atoms in total. The molecular formula is C17H28N4. The van der Waals surface area contributed by atoms with Gasteiger partial charge in [-0.1, -0.05) is 13.8 Å². The maximum absolute atomic E-state index is 4.68. The Labute approximate surface area is 128 Å². The predicted octanol–water partition coefficient (Wildman–Crippen LogP) is 2.71. The van der Waals surface area contributed by atoms with Gasteiger partial charge in [-0.15, -0.1) is 0 Å². The molecule has 1 fully saturated rings. The maximum atomic E-state index is 4.68. The van der Waals surface area contributed by atoms with Gasteiger partial charge < -0.3 is 10.2 Å². The molecule has 4 heteroatoms. The lowest BCUT2D eigenvalue weighted by Crippen LogP contribution is -2.47. The number of piperidine rings is 1. The fourth-order valence-electron chi connectivity index (χ4n) is 3.61. The van der Waals surface area contributed by atoms with Crippen LogP contribution in [0.15, 0.2) is 6.33 Å². The van der Waals surface area contributed by atoms with Crippen LogP contribution >= 0.6 is 0 Å². The highest BCUT2D eigenvalue weighted by atomic mass is 15.2. The molecule has 0 radical (unpaired) electrons. The number of rotatable bonds is 4. The smallest absolute Gasteiger partial charge is 0.135 e. The van der Waals surface area contributed by atoms with Gasteiger partial charge in [0.05, 0.1) is 0 Å². The van der Waals surface area contributed by atoms with Crippen molar-refractivity contribution in [2.75, 3.05) is 18.0 Å². The van der Waals surface area contributed by atoms with Crippen LogP contribution in [0.1, 0.15) is 57.2 Å². The molecule has 1 N–H and O–H groups in total. The van der Waals surface area contributed by atoms with Crippen LogP contribution in [0, 0.1) is 0 Å². The van der Waals surface area contributed by atoms with E-state index in [1.807, 2.05) is 0 Å². The largest absolute Gasteiger partial charge is 0.352 e. The van der Waals surface area contributed by atoms with Crippen LogP contribution in [0.4, 0.5) is 5.82 Å². The number of aromatic nitrogens is 2. The molecule has 3 rings (SSSR count). The molecule has 21 heavy (non-hydrogen) atoms. The van der Waals surface area contributed by atoms with Gasteiger partial charge >= 0.3 is 0 Å². The van der Waals surface area contributed by atoms with Crippen molar-refractivity contribution in [1.29, 1.82) is 0 Å². The number of anilines is 1. The van der Waals surface area contributed by atoms with Gasteiger partial charge in [0, 0.05) is 36.4 Å². The summed E-state index contributed by atoms with van der Waals surface area (Å²) in [5.41, 5.74) is 2.73. The minimum Gasteiger partial charge on any atom is -0.352 e. The lowest BCUT2D eigenvalue weighted by Gasteiger charge is -2.38. The third-order valence-electron chi connectivity index (χ3n) is 4.76. The normalized spacial score (nSPS) is 22.4. The first kappa shape index (κ1) is 14.8. The van der Waals surface area contributed by atoms with Crippen LogP contribution in [-0.2, 0) is 12.8 Å². The Hall–Kier alpha value is -1.16. The fourth-order valence-corrected chi connectivity index (χ4v) is 3.61. The molecule has 1 saturated heterocycles. The van der Waals surface area contributed by atoms with Crippen molar-refractivity contribution in [3.63, 3.8) is 0 Å². The van der Waals surface area contributed by atoms with E-state index in [0.717, 1.165) is 25.9 Å². The quantitative estimate of drug-likeness (QED) is 0.925. The van der Waals surface area contributed by atoms with Gasteiger partial charge in [0.25, 0.3) is 0 Å². The number of hydrogen-bond acceptors (Lipinski definition) is 4. The average molecular weight is 288 g/mol. The molecular weight excluding hydrogens is 260 g/mol.